The van der Waals surface area contributed by atoms with Crippen LogP contribution in [0.2, 0.25) is 0 Å². The van der Waals surface area contributed by atoms with E-state index < -0.39 is 17.7 Å². The Morgan fingerprint density at radius 1 is 1.13 bits per heavy atom. The van der Waals surface area contributed by atoms with Crippen molar-refractivity contribution in [2.24, 2.45) is 12.5 Å². The van der Waals surface area contributed by atoms with Gasteiger partial charge in [0.2, 0.25) is 5.69 Å². The third-order valence-electron chi connectivity index (χ3n) is 4.07. The van der Waals surface area contributed by atoms with Crippen LogP contribution in [0.1, 0.15) is 66.9 Å². The molecular formula is C22H32N+. The molecule has 0 aliphatic carbocycles. The lowest BCUT2D eigenvalue weighted by Crippen LogP contribution is -2.32. The van der Waals surface area contributed by atoms with E-state index in [0.717, 1.165) is 33.5 Å². The summed E-state index contributed by atoms with van der Waals surface area (Å²) >= 11 is 0. The van der Waals surface area contributed by atoms with E-state index in [-0.39, 0.29) is 0 Å². The van der Waals surface area contributed by atoms with Gasteiger partial charge in [-0.05, 0) is 54.3 Å². The zero-order chi connectivity index (χ0) is 20.1. The summed E-state index contributed by atoms with van der Waals surface area (Å²) in [5.41, 5.74) is 5.52. The van der Waals surface area contributed by atoms with E-state index in [2.05, 4.69) is 25.1 Å². The molecule has 124 valence electrons. The van der Waals surface area contributed by atoms with Crippen LogP contribution in [-0.4, -0.2) is 0 Å². The van der Waals surface area contributed by atoms with Crippen LogP contribution in [0.3, 0.4) is 0 Å². The fraction of sp³-hybridized carbons (Fsp3) is 0.500. The molecule has 1 aromatic carbocycles. The normalized spacial score (nSPS) is 15.0. The Bertz CT molecular complexity index is 825. The first-order valence-electron chi connectivity index (χ1n) is 9.78. The highest BCUT2D eigenvalue weighted by molar-refractivity contribution is 5.62. The second-order valence-corrected chi connectivity index (χ2v) is 7.77. The second-order valence-electron chi connectivity index (χ2n) is 7.77. The minimum absolute atomic E-state index is 0.483. The smallest absolute Gasteiger partial charge is 0.201 e. The van der Waals surface area contributed by atoms with Crippen LogP contribution in [0.25, 0.3) is 11.3 Å². The fourth-order valence-electron chi connectivity index (χ4n) is 2.81. The first-order valence-corrected chi connectivity index (χ1v) is 8.28. The Hall–Kier alpha value is -1.63. The van der Waals surface area contributed by atoms with Crippen LogP contribution < -0.4 is 4.57 Å². The molecule has 1 nitrogen and oxygen atoms in total. The molecule has 1 heteroatoms. The molecule has 0 unspecified atom stereocenters. The van der Waals surface area contributed by atoms with Crippen LogP contribution in [-0.2, 0) is 13.4 Å². The molecule has 0 saturated carbocycles. The van der Waals surface area contributed by atoms with Crippen LogP contribution in [0.5, 0.6) is 0 Å². The van der Waals surface area contributed by atoms with Gasteiger partial charge in [0.05, 0.1) is 0 Å². The maximum Gasteiger partial charge on any atom is 0.212 e. The van der Waals surface area contributed by atoms with Crippen LogP contribution in [0, 0.1) is 19.3 Å². The van der Waals surface area contributed by atoms with Crippen LogP contribution in [0.15, 0.2) is 30.5 Å². The van der Waals surface area contributed by atoms with E-state index >= 15 is 0 Å². The zero-order valence-electron chi connectivity index (χ0n) is 18.8. The predicted molar refractivity (Wildman–Crippen MR) is 99.8 cm³/mol. The van der Waals surface area contributed by atoms with Gasteiger partial charge in [0.25, 0.3) is 0 Å². The van der Waals surface area contributed by atoms with Gasteiger partial charge in [-0.1, -0.05) is 46.8 Å². The number of hydrogen-bond acceptors (Lipinski definition) is 0. The Morgan fingerprint density at radius 3 is 2.30 bits per heavy atom. The Balaban J connectivity index is 2.59. The minimum atomic E-state index is -1.42. The molecule has 23 heavy (non-hydrogen) atoms. The summed E-state index contributed by atoms with van der Waals surface area (Å²) in [6.45, 7) is 13.7. The first-order chi connectivity index (χ1) is 11.7. The van der Waals surface area contributed by atoms with E-state index in [4.69, 9.17) is 4.11 Å². The number of pyridine rings is 1. The molecular weight excluding hydrogens is 278 g/mol. The summed E-state index contributed by atoms with van der Waals surface area (Å²) in [7, 11) is 1.97. The zero-order valence-corrected chi connectivity index (χ0v) is 15.8. The number of aryl methyl sites for hydroxylation is 3. The van der Waals surface area contributed by atoms with Gasteiger partial charge < -0.3 is 0 Å². The molecule has 0 aliphatic rings. The molecule has 1 aromatic heterocycles. The van der Waals surface area contributed by atoms with Crippen molar-refractivity contribution in [1.29, 1.82) is 0 Å². The van der Waals surface area contributed by atoms with Crippen molar-refractivity contribution in [3.63, 3.8) is 0 Å². The highest BCUT2D eigenvalue weighted by Crippen LogP contribution is 2.27. The minimum Gasteiger partial charge on any atom is -0.201 e. The van der Waals surface area contributed by atoms with Crippen molar-refractivity contribution in [3.05, 3.63) is 52.7 Å². The number of rotatable bonds is 3. The molecule has 0 bridgehead atoms. The summed E-state index contributed by atoms with van der Waals surface area (Å²) in [6.07, 6.45) is 0.513. The van der Waals surface area contributed by atoms with Crippen LogP contribution >= 0.6 is 0 Å². The summed E-state index contributed by atoms with van der Waals surface area (Å²) in [5, 5.41) is 0. The molecule has 0 aliphatic heterocycles. The van der Waals surface area contributed by atoms with Gasteiger partial charge >= 0.3 is 0 Å². The summed E-state index contributed by atoms with van der Waals surface area (Å²) < 4.78 is 27.4. The molecule has 1 heterocycles. The average Bonchev–Trinajstić information content (AvgIpc) is 2.47. The standard InChI is InChI=1S/C22H32N/c1-15(2)18-9-10-20(17(4)11-18)21-12-16(3)19(14-23(21)8)13-22(5,6)7/h9-12,14-15H,13H2,1-8H3/q+1/i13D2,15D. The van der Waals surface area contributed by atoms with Crippen molar-refractivity contribution in [1.82, 2.24) is 0 Å². The van der Waals surface area contributed by atoms with E-state index in [1.165, 1.54) is 0 Å². The van der Waals surface area contributed by atoms with E-state index in [1.54, 1.807) is 0 Å². The number of aromatic nitrogens is 1. The van der Waals surface area contributed by atoms with Gasteiger partial charge in [-0.15, -0.1) is 0 Å². The van der Waals surface area contributed by atoms with Crippen molar-refractivity contribution < 1.29 is 8.68 Å². The second kappa shape index (κ2) is 6.47. The lowest BCUT2D eigenvalue weighted by Gasteiger charge is -2.19. The van der Waals surface area contributed by atoms with E-state index in [9.17, 15) is 0 Å². The van der Waals surface area contributed by atoms with Gasteiger partial charge in [0.15, 0.2) is 6.20 Å². The Morgan fingerprint density at radius 2 is 1.78 bits per heavy atom. The SMILES string of the molecule is [2H]C(C)(C)c1ccc(-c2cc(C)c(C([2H])([2H])C(C)(C)C)c[n+]2C)c(C)c1. The topological polar surface area (TPSA) is 3.88 Å². The molecule has 0 radical (unpaired) electrons. The Labute approximate surface area is 146 Å². The molecule has 0 atom stereocenters. The number of benzene rings is 1. The van der Waals surface area contributed by atoms with E-state index in [1.807, 2.05) is 65.4 Å². The molecule has 0 amide bonds. The summed E-state index contributed by atoms with van der Waals surface area (Å²) in [5.74, 6) is -0.617. The summed E-state index contributed by atoms with van der Waals surface area (Å²) in [4.78, 5) is 0. The lowest BCUT2D eigenvalue weighted by molar-refractivity contribution is -0.660. The first kappa shape index (κ1) is 13.8. The fourth-order valence-corrected chi connectivity index (χ4v) is 2.81. The molecule has 0 spiro atoms. The van der Waals surface area contributed by atoms with Gasteiger partial charge in [0.1, 0.15) is 7.05 Å². The summed E-state index contributed by atoms with van der Waals surface area (Å²) in [6, 6.07) is 8.26. The molecule has 0 fully saturated rings. The van der Waals surface area contributed by atoms with Gasteiger partial charge in [0, 0.05) is 21.3 Å². The monoisotopic (exact) mass is 313 g/mol. The number of nitrogens with zero attached hydrogens (tertiary/aromatic N) is 1. The lowest BCUT2D eigenvalue weighted by atomic mass is 9.86. The molecule has 2 rings (SSSR count). The van der Waals surface area contributed by atoms with Crippen molar-refractivity contribution in [2.45, 2.75) is 60.7 Å². The van der Waals surface area contributed by atoms with Crippen molar-refractivity contribution in [3.8, 4) is 11.3 Å². The largest absolute Gasteiger partial charge is 0.212 e. The highest BCUT2D eigenvalue weighted by atomic mass is 14.9. The third-order valence-corrected chi connectivity index (χ3v) is 4.07. The van der Waals surface area contributed by atoms with Crippen molar-refractivity contribution >= 4 is 0 Å². The number of hydrogen-bond donors (Lipinski definition) is 0. The molecule has 0 N–H and O–H groups in total. The maximum absolute atomic E-state index is 8.60. The predicted octanol–water partition coefficient (Wildman–Crippen LogP) is 5.51. The average molecular weight is 314 g/mol. The Kier molecular flexibility index (Phi) is 3.88. The quantitative estimate of drug-likeness (QED) is 0.658. The maximum atomic E-state index is 8.60. The van der Waals surface area contributed by atoms with E-state index in [0.29, 0.717) is 0 Å². The van der Waals surface area contributed by atoms with Gasteiger partial charge in [-0.3, -0.25) is 0 Å². The van der Waals surface area contributed by atoms with Crippen molar-refractivity contribution in [2.75, 3.05) is 0 Å². The third kappa shape index (κ3) is 4.22. The van der Waals surface area contributed by atoms with Crippen LogP contribution in [0.4, 0.5) is 0 Å². The highest BCUT2D eigenvalue weighted by Gasteiger charge is 2.19. The molecule has 2 aromatic rings. The van der Waals surface area contributed by atoms with Gasteiger partial charge in [-0.25, -0.2) is 4.57 Å². The molecule has 0 saturated heterocycles. The van der Waals surface area contributed by atoms with Gasteiger partial charge in [-0.2, -0.15) is 0 Å².